The van der Waals surface area contributed by atoms with Gasteiger partial charge in [-0.1, -0.05) is 42.5 Å². The zero-order valence-electron chi connectivity index (χ0n) is 14.4. The largest absolute Gasteiger partial charge is 0.379 e. The minimum atomic E-state index is 0.664. The van der Waals surface area contributed by atoms with Crippen LogP contribution in [0.4, 0.5) is 5.69 Å². The van der Waals surface area contributed by atoms with Crippen LogP contribution in [0.1, 0.15) is 11.1 Å². The molecule has 0 bridgehead atoms. The third-order valence-electron chi connectivity index (χ3n) is 4.26. The molecule has 0 spiro atoms. The minimum Gasteiger partial charge on any atom is -0.379 e. The van der Waals surface area contributed by atoms with Crippen molar-refractivity contribution in [3.8, 4) is 0 Å². The van der Waals surface area contributed by atoms with Crippen molar-refractivity contribution in [3.63, 3.8) is 0 Å². The van der Waals surface area contributed by atoms with Gasteiger partial charge in [0.1, 0.15) is 0 Å². The van der Waals surface area contributed by atoms with Crippen molar-refractivity contribution in [2.45, 2.75) is 13.0 Å². The summed E-state index contributed by atoms with van der Waals surface area (Å²) < 4.78 is 5.39. The predicted octanol–water partition coefficient (Wildman–Crippen LogP) is 3.05. The van der Waals surface area contributed by atoms with E-state index in [9.17, 15) is 0 Å². The van der Waals surface area contributed by atoms with Crippen LogP contribution in [0.5, 0.6) is 0 Å². The van der Waals surface area contributed by atoms with Gasteiger partial charge in [0.05, 0.1) is 13.2 Å². The van der Waals surface area contributed by atoms with Crippen LogP contribution in [-0.4, -0.2) is 42.9 Å². The highest BCUT2D eigenvalue weighted by molar-refractivity contribution is 7.80. The van der Waals surface area contributed by atoms with Crippen molar-refractivity contribution in [3.05, 3.63) is 65.7 Å². The van der Waals surface area contributed by atoms with Crippen LogP contribution in [0, 0.1) is 0 Å². The molecular weight excluding hydrogens is 330 g/mol. The molecule has 1 aliphatic rings. The van der Waals surface area contributed by atoms with Gasteiger partial charge < -0.3 is 15.4 Å². The lowest BCUT2D eigenvalue weighted by molar-refractivity contribution is 0.0342. The third-order valence-corrected chi connectivity index (χ3v) is 4.51. The first kappa shape index (κ1) is 17.9. The summed E-state index contributed by atoms with van der Waals surface area (Å²) in [6, 6.07) is 18.9. The van der Waals surface area contributed by atoms with Crippen LogP contribution in [0.15, 0.2) is 54.6 Å². The highest BCUT2D eigenvalue weighted by Crippen LogP contribution is 2.12. The zero-order chi connectivity index (χ0) is 17.3. The number of thiocarbonyl (C=S) groups is 1. The van der Waals surface area contributed by atoms with Crippen molar-refractivity contribution in [2.75, 3.05) is 38.2 Å². The van der Waals surface area contributed by atoms with Crippen molar-refractivity contribution in [1.82, 2.24) is 10.2 Å². The van der Waals surface area contributed by atoms with Crippen LogP contribution in [-0.2, 0) is 17.7 Å². The summed E-state index contributed by atoms with van der Waals surface area (Å²) in [6.45, 7) is 5.49. The van der Waals surface area contributed by atoms with Crippen molar-refractivity contribution in [1.29, 1.82) is 0 Å². The number of nitrogens with one attached hydrogen (secondary N) is 2. The Hall–Kier alpha value is -1.95. The number of nitrogens with zero attached hydrogens (tertiary/aromatic N) is 1. The second kappa shape index (κ2) is 9.51. The molecule has 0 radical (unpaired) electrons. The Morgan fingerprint density at radius 3 is 2.40 bits per heavy atom. The van der Waals surface area contributed by atoms with Crippen LogP contribution >= 0.6 is 12.2 Å². The summed E-state index contributed by atoms with van der Waals surface area (Å²) in [5, 5.41) is 7.17. The van der Waals surface area contributed by atoms with Gasteiger partial charge >= 0.3 is 0 Å². The SMILES string of the molecule is S=C(NCCc1ccccc1)Nc1ccc(CN2CCOCC2)cc1. The number of anilines is 1. The second-order valence-electron chi connectivity index (χ2n) is 6.20. The molecule has 1 fully saturated rings. The van der Waals surface area contributed by atoms with E-state index in [4.69, 9.17) is 17.0 Å². The van der Waals surface area contributed by atoms with Crippen molar-refractivity contribution >= 4 is 23.0 Å². The number of ether oxygens (including phenoxy) is 1. The summed E-state index contributed by atoms with van der Waals surface area (Å²) in [4.78, 5) is 2.42. The topological polar surface area (TPSA) is 36.5 Å². The number of benzene rings is 2. The smallest absolute Gasteiger partial charge is 0.170 e. The fraction of sp³-hybridized carbons (Fsp3) is 0.350. The summed E-state index contributed by atoms with van der Waals surface area (Å²) in [6.07, 6.45) is 0.959. The van der Waals surface area contributed by atoms with Crippen LogP contribution in [0.25, 0.3) is 0 Å². The molecule has 5 heteroatoms. The molecule has 0 atom stereocenters. The van der Waals surface area contributed by atoms with E-state index in [-0.39, 0.29) is 0 Å². The molecular formula is C20H25N3OS. The Morgan fingerprint density at radius 1 is 0.960 bits per heavy atom. The van der Waals surface area contributed by atoms with Crippen LogP contribution < -0.4 is 10.6 Å². The normalized spacial score (nSPS) is 14.9. The fourth-order valence-corrected chi connectivity index (χ4v) is 3.07. The quantitative estimate of drug-likeness (QED) is 0.779. The van der Waals surface area contributed by atoms with Gasteiger partial charge in [0, 0.05) is 31.9 Å². The first-order chi connectivity index (χ1) is 12.3. The van der Waals surface area contributed by atoms with Gasteiger partial charge in [-0.25, -0.2) is 0 Å². The highest BCUT2D eigenvalue weighted by atomic mass is 32.1. The Morgan fingerprint density at radius 2 is 1.68 bits per heavy atom. The van der Waals surface area contributed by atoms with Crippen LogP contribution in [0.3, 0.4) is 0 Å². The van der Waals surface area contributed by atoms with E-state index < -0.39 is 0 Å². The Bertz CT molecular complexity index is 654. The molecule has 1 saturated heterocycles. The number of hydrogen-bond acceptors (Lipinski definition) is 3. The van der Waals surface area contributed by atoms with Gasteiger partial charge in [0.25, 0.3) is 0 Å². The van der Waals surface area contributed by atoms with E-state index in [1.165, 1.54) is 11.1 Å². The average Bonchev–Trinajstić information content (AvgIpc) is 2.65. The van der Waals surface area contributed by atoms with E-state index in [1.54, 1.807) is 0 Å². The molecule has 0 amide bonds. The molecule has 1 heterocycles. The Balaban J connectivity index is 1.40. The molecule has 25 heavy (non-hydrogen) atoms. The van der Waals surface area contributed by atoms with E-state index in [2.05, 4.69) is 64.1 Å². The standard InChI is InChI=1S/C20H25N3OS/c25-20(21-11-10-17-4-2-1-3-5-17)22-19-8-6-18(7-9-19)16-23-12-14-24-15-13-23/h1-9H,10-16H2,(H2,21,22,25). The van der Waals surface area contributed by atoms with Crippen molar-refractivity contribution in [2.24, 2.45) is 0 Å². The summed E-state index contributed by atoms with van der Waals surface area (Å²) in [7, 11) is 0. The van der Waals surface area contributed by atoms with Gasteiger partial charge in [0.2, 0.25) is 0 Å². The maximum atomic E-state index is 5.39. The summed E-state index contributed by atoms with van der Waals surface area (Å²) >= 11 is 5.37. The first-order valence-electron chi connectivity index (χ1n) is 8.77. The maximum Gasteiger partial charge on any atom is 0.170 e. The number of morpholine rings is 1. The summed E-state index contributed by atoms with van der Waals surface area (Å²) in [5.74, 6) is 0. The average molecular weight is 356 g/mol. The Kier molecular flexibility index (Phi) is 6.79. The molecule has 4 nitrogen and oxygen atoms in total. The third kappa shape index (κ3) is 6.12. The molecule has 0 aliphatic carbocycles. The lowest BCUT2D eigenvalue weighted by atomic mass is 10.1. The number of rotatable bonds is 6. The van der Waals surface area contributed by atoms with E-state index in [0.29, 0.717) is 5.11 Å². The molecule has 2 aromatic carbocycles. The lowest BCUT2D eigenvalue weighted by Gasteiger charge is -2.26. The zero-order valence-corrected chi connectivity index (χ0v) is 15.2. The number of hydrogen-bond donors (Lipinski definition) is 2. The molecule has 132 valence electrons. The molecule has 0 saturated carbocycles. The fourth-order valence-electron chi connectivity index (χ4n) is 2.85. The first-order valence-corrected chi connectivity index (χ1v) is 9.18. The van der Waals surface area contributed by atoms with Crippen molar-refractivity contribution < 1.29 is 4.74 Å². The monoisotopic (exact) mass is 355 g/mol. The molecule has 3 rings (SSSR count). The van der Waals surface area contributed by atoms with E-state index >= 15 is 0 Å². The van der Waals surface area contributed by atoms with Gasteiger partial charge in [-0.15, -0.1) is 0 Å². The minimum absolute atomic E-state index is 0.664. The molecule has 0 unspecified atom stereocenters. The lowest BCUT2D eigenvalue weighted by Crippen LogP contribution is -2.35. The molecule has 2 N–H and O–H groups in total. The summed E-state index contributed by atoms with van der Waals surface area (Å²) in [5.41, 5.74) is 3.64. The van der Waals surface area contributed by atoms with Gasteiger partial charge in [-0.2, -0.15) is 0 Å². The van der Waals surface area contributed by atoms with Gasteiger partial charge in [0.15, 0.2) is 5.11 Å². The Labute approximate surface area is 155 Å². The molecule has 0 aromatic heterocycles. The van der Waals surface area contributed by atoms with E-state index in [0.717, 1.165) is 51.5 Å². The second-order valence-corrected chi connectivity index (χ2v) is 6.61. The van der Waals surface area contributed by atoms with Gasteiger partial charge in [-0.05, 0) is 41.9 Å². The predicted molar refractivity (Wildman–Crippen MR) is 107 cm³/mol. The van der Waals surface area contributed by atoms with Gasteiger partial charge in [-0.3, -0.25) is 4.90 Å². The molecule has 2 aromatic rings. The maximum absolute atomic E-state index is 5.39. The molecule has 1 aliphatic heterocycles. The van der Waals surface area contributed by atoms with E-state index in [1.807, 2.05) is 6.07 Å². The highest BCUT2D eigenvalue weighted by Gasteiger charge is 2.10. The van der Waals surface area contributed by atoms with Crippen LogP contribution in [0.2, 0.25) is 0 Å².